The number of hydrogen-bond donors (Lipinski definition) is 1. The largest absolute Gasteiger partial charge is 0.462 e. The summed E-state index contributed by atoms with van der Waals surface area (Å²) in [7, 11) is 0. The molecule has 0 aliphatic heterocycles. The molecule has 0 saturated carbocycles. The van der Waals surface area contributed by atoms with E-state index in [1.54, 1.807) is 12.1 Å². The molecule has 0 aliphatic carbocycles. The Hall–Kier alpha value is -3.34. The van der Waals surface area contributed by atoms with Crippen molar-refractivity contribution in [3.8, 4) is 5.69 Å². The highest BCUT2D eigenvalue weighted by atomic mass is 16.5. The second-order valence-corrected chi connectivity index (χ2v) is 8.06. The van der Waals surface area contributed by atoms with Gasteiger partial charge in [0.05, 0.1) is 12.2 Å². The maximum absolute atomic E-state index is 12.3. The van der Waals surface area contributed by atoms with E-state index in [1.165, 1.54) is 5.56 Å². The van der Waals surface area contributed by atoms with Gasteiger partial charge in [0.1, 0.15) is 0 Å². The number of aryl methyl sites for hydroxylation is 5. The lowest BCUT2D eigenvalue weighted by Gasteiger charge is -2.13. The number of aromatic nitrogens is 1. The van der Waals surface area contributed by atoms with Crippen molar-refractivity contribution in [1.29, 1.82) is 0 Å². The van der Waals surface area contributed by atoms with Crippen molar-refractivity contribution in [3.05, 3.63) is 82.2 Å². The third kappa shape index (κ3) is 5.43. The number of ether oxygens (including phenoxy) is 1. The van der Waals surface area contributed by atoms with Gasteiger partial charge in [0.25, 0.3) is 0 Å². The van der Waals surface area contributed by atoms with Crippen LogP contribution < -0.4 is 5.32 Å². The highest BCUT2D eigenvalue weighted by Gasteiger charge is 2.11. The highest BCUT2D eigenvalue weighted by molar-refractivity contribution is 5.92. The Kier molecular flexibility index (Phi) is 6.95. The van der Waals surface area contributed by atoms with E-state index in [-0.39, 0.29) is 18.5 Å². The number of amides is 1. The molecule has 0 saturated heterocycles. The number of benzene rings is 2. The minimum absolute atomic E-state index is 0.0760. The predicted octanol–water partition coefficient (Wildman–Crippen LogP) is 5.60. The molecule has 2 aromatic carbocycles. The van der Waals surface area contributed by atoms with Gasteiger partial charge < -0.3 is 14.6 Å². The van der Waals surface area contributed by atoms with Crippen LogP contribution in [0.15, 0.2) is 48.5 Å². The summed E-state index contributed by atoms with van der Waals surface area (Å²) < 4.78 is 7.47. The number of carbonyl (C=O) groups excluding carboxylic acids is 2. The van der Waals surface area contributed by atoms with Gasteiger partial charge in [-0.25, -0.2) is 4.79 Å². The fourth-order valence-electron chi connectivity index (χ4n) is 3.88. The number of nitrogens with one attached hydrogen (secondary N) is 1. The van der Waals surface area contributed by atoms with Crippen molar-refractivity contribution in [1.82, 2.24) is 4.57 Å². The molecule has 5 heteroatoms. The van der Waals surface area contributed by atoms with Gasteiger partial charge in [-0.1, -0.05) is 17.7 Å². The molecule has 1 heterocycles. The molecule has 1 amide bonds. The standard InChI is InChI=1S/C26H30N2O3/c1-17-15-18(2)25(19(3)16-17)27-24(29)7-6-14-31-26(30)22-10-12-23(13-11-22)28-20(4)8-9-21(28)5/h8-13,15-16H,6-7,14H2,1-5H3,(H,27,29). The third-order valence-electron chi connectivity index (χ3n) is 5.36. The van der Waals surface area contributed by atoms with Crippen LogP contribution in [0.25, 0.3) is 5.69 Å². The highest BCUT2D eigenvalue weighted by Crippen LogP contribution is 2.22. The lowest BCUT2D eigenvalue weighted by molar-refractivity contribution is -0.116. The van der Waals surface area contributed by atoms with Crippen molar-refractivity contribution in [2.75, 3.05) is 11.9 Å². The van der Waals surface area contributed by atoms with E-state index in [9.17, 15) is 9.59 Å². The smallest absolute Gasteiger partial charge is 0.338 e. The van der Waals surface area contributed by atoms with Crippen molar-refractivity contribution in [3.63, 3.8) is 0 Å². The summed E-state index contributed by atoms with van der Waals surface area (Å²) in [5.74, 6) is -0.453. The van der Waals surface area contributed by atoms with Gasteiger partial charge in [0.2, 0.25) is 5.91 Å². The van der Waals surface area contributed by atoms with Crippen LogP contribution in [0.4, 0.5) is 5.69 Å². The molecule has 5 nitrogen and oxygen atoms in total. The van der Waals surface area contributed by atoms with E-state index in [0.29, 0.717) is 18.4 Å². The Labute approximate surface area is 184 Å². The molecule has 0 radical (unpaired) electrons. The van der Waals surface area contributed by atoms with Crippen LogP contribution in [0, 0.1) is 34.6 Å². The molecule has 0 fully saturated rings. The zero-order chi connectivity index (χ0) is 22.5. The molecule has 0 bridgehead atoms. The van der Waals surface area contributed by atoms with Crippen LogP contribution in [0.1, 0.15) is 51.3 Å². The van der Waals surface area contributed by atoms with Gasteiger partial charge in [-0.2, -0.15) is 0 Å². The Balaban J connectivity index is 1.48. The van der Waals surface area contributed by atoms with Gasteiger partial charge >= 0.3 is 5.97 Å². The molecule has 3 rings (SSSR count). The van der Waals surface area contributed by atoms with Gasteiger partial charge in [-0.05, 0) is 88.6 Å². The molecule has 1 N–H and O–H groups in total. The first kappa shape index (κ1) is 22.3. The maximum atomic E-state index is 12.3. The molecule has 162 valence electrons. The van der Waals surface area contributed by atoms with Crippen LogP contribution in [-0.2, 0) is 9.53 Å². The first-order chi connectivity index (χ1) is 14.8. The first-order valence-electron chi connectivity index (χ1n) is 10.6. The van der Waals surface area contributed by atoms with Crippen LogP contribution >= 0.6 is 0 Å². The van der Waals surface area contributed by atoms with Crippen LogP contribution in [0.2, 0.25) is 0 Å². The maximum Gasteiger partial charge on any atom is 0.338 e. The molecular weight excluding hydrogens is 388 g/mol. The number of carbonyl (C=O) groups is 2. The van der Waals surface area contributed by atoms with E-state index in [2.05, 4.69) is 34.1 Å². The monoisotopic (exact) mass is 418 g/mol. The lowest BCUT2D eigenvalue weighted by Crippen LogP contribution is -2.15. The van der Waals surface area contributed by atoms with Gasteiger partial charge in [-0.3, -0.25) is 4.79 Å². The van der Waals surface area contributed by atoms with Crippen molar-refractivity contribution in [2.24, 2.45) is 0 Å². The summed E-state index contributed by atoms with van der Waals surface area (Å²) in [5.41, 5.74) is 7.92. The zero-order valence-corrected chi connectivity index (χ0v) is 18.9. The van der Waals surface area contributed by atoms with Gasteiger partial charge in [0, 0.05) is 29.2 Å². The minimum Gasteiger partial charge on any atom is -0.462 e. The molecule has 0 unspecified atom stereocenters. The Morgan fingerprint density at radius 3 is 2.03 bits per heavy atom. The minimum atomic E-state index is -0.377. The molecular formula is C26H30N2O3. The molecule has 0 aliphatic rings. The normalized spacial score (nSPS) is 10.7. The van der Waals surface area contributed by atoms with Crippen molar-refractivity contribution >= 4 is 17.6 Å². The predicted molar refractivity (Wildman–Crippen MR) is 124 cm³/mol. The lowest BCUT2D eigenvalue weighted by atomic mass is 10.0. The number of nitrogens with zero attached hydrogens (tertiary/aromatic N) is 1. The fraction of sp³-hybridized carbons (Fsp3) is 0.308. The number of hydrogen-bond acceptors (Lipinski definition) is 3. The van der Waals surface area contributed by atoms with E-state index in [0.717, 1.165) is 33.9 Å². The quantitative estimate of drug-likeness (QED) is 0.402. The average Bonchev–Trinajstić information content (AvgIpc) is 3.06. The summed E-state index contributed by atoms with van der Waals surface area (Å²) in [6, 6.07) is 15.6. The average molecular weight is 419 g/mol. The first-order valence-corrected chi connectivity index (χ1v) is 10.6. The van der Waals surface area contributed by atoms with Crippen LogP contribution in [0.3, 0.4) is 0 Å². The number of esters is 1. The zero-order valence-electron chi connectivity index (χ0n) is 18.9. The molecule has 31 heavy (non-hydrogen) atoms. The van der Waals surface area contributed by atoms with E-state index in [4.69, 9.17) is 4.74 Å². The Morgan fingerprint density at radius 1 is 0.871 bits per heavy atom. The second kappa shape index (κ2) is 9.65. The summed E-state index contributed by atoms with van der Waals surface area (Å²) >= 11 is 0. The Bertz CT molecular complexity index is 1050. The summed E-state index contributed by atoms with van der Waals surface area (Å²) in [6.45, 7) is 10.3. The topological polar surface area (TPSA) is 60.3 Å². The second-order valence-electron chi connectivity index (χ2n) is 8.06. The summed E-state index contributed by atoms with van der Waals surface area (Å²) in [5, 5.41) is 2.97. The molecule has 0 atom stereocenters. The van der Waals surface area contributed by atoms with E-state index < -0.39 is 0 Å². The van der Waals surface area contributed by atoms with Crippen LogP contribution in [-0.4, -0.2) is 23.1 Å². The summed E-state index contributed by atoms with van der Waals surface area (Å²) in [4.78, 5) is 24.6. The Morgan fingerprint density at radius 2 is 1.45 bits per heavy atom. The fourth-order valence-corrected chi connectivity index (χ4v) is 3.88. The van der Waals surface area contributed by atoms with Gasteiger partial charge in [-0.15, -0.1) is 0 Å². The molecule has 1 aromatic heterocycles. The number of anilines is 1. The molecule has 3 aromatic rings. The van der Waals surface area contributed by atoms with Gasteiger partial charge in [0.15, 0.2) is 0 Å². The SMILES string of the molecule is Cc1cc(C)c(NC(=O)CCCOC(=O)c2ccc(-n3c(C)ccc3C)cc2)c(C)c1. The summed E-state index contributed by atoms with van der Waals surface area (Å²) in [6.07, 6.45) is 0.770. The third-order valence-corrected chi connectivity index (χ3v) is 5.36. The van der Waals surface area contributed by atoms with Crippen LogP contribution in [0.5, 0.6) is 0 Å². The van der Waals surface area contributed by atoms with E-state index in [1.807, 2.05) is 46.8 Å². The van der Waals surface area contributed by atoms with Crippen molar-refractivity contribution < 1.29 is 14.3 Å². The number of rotatable bonds is 7. The molecule has 0 spiro atoms. The van der Waals surface area contributed by atoms with Crippen molar-refractivity contribution in [2.45, 2.75) is 47.5 Å². The van der Waals surface area contributed by atoms with E-state index >= 15 is 0 Å².